The van der Waals surface area contributed by atoms with Crippen LogP contribution in [-0.4, -0.2) is 37.1 Å². The molecule has 0 radical (unpaired) electrons. The number of aromatic nitrogens is 1. The summed E-state index contributed by atoms with van der Waals surface area (Å²) in [6, 6.07) is 4.17. The number of rotatable bonds is 6. The van der Waals surface area contributed by atoms with Gasteiger partial charge < -0.3 is 15.4 Å². The number of nitrogen functional groups attached to an aromatic ring is 1. The lowest BCUT2D eigenvalue weighted by Crippen LogP contribution is -2.32. The van der Waals surface area contributed by atoms with Gasteiger partial charge in [0.15, 0.2) is 0 Å². The molecule has 1 fully saturated rings. The van der Waals surface area contributed by atoms with Gasteiger partial charge in [0.2, 0.25) is 0 Å². The molecule has 0 unspecified atom stereocenters. The number of ether oxygens (including phenoxy) is 1. The first-order chi connectivity index (χ1) is 8.24. The Morgan fingerprint density at radius 2 is 2.41 bits per heavy atom. The fourth-order valence-electron chi connectivity index (χ4n) is 1.87. The van der Waals surface area contributed by atoms with Gasteiger partial charge >= 0.3 is 0 Å². The van der Waals surface area contributed by atoms with Gasteiger partial charge in [0.05, 0.1) is 12.2 Å². The van der Waals surface area contributed by atoms with Crippen molar-refractivity contribution < 1.29 is 4.74 Å². The van der Waals surface area contributed by atoms with Crippen molar-refractivity contribution in [2.75, 3.05) is 25.2 Å². The Kier molecular flexibility index (Phi) is 3.58. The molecule has 1 aliphatic rings. The Hall–Kier alpha value is -1.62. The highest BCUT2D eigenvalue weighted by Crippen LogP contribution is 2.31. The molecule has 1 aromatic rings. The highest BCUT2D eigenvalue weighted by Gasteiger charge is 2.31. The quantitative estimate of drug-likeness (QED) is 0.568. The molecule has 0 saturated heterocycles. The molecule has 1 aromatic heterocycles. The van der Waals surface area contributed by atoms with Crippen LogP contribution in [0.3, 0.4) is 0 Å². The normalized spacial score (nSPS) is 14.6. The van der Waals surface area contributed by atoms with Crippen molar-refractivity contribution in [2.24, 2.45) is 5.73 Å². The number of hydrogen-bond donors (Lipinski definition) is 2. The molecule has 17 heavy (non-hydrogen) atoms. The third kappa shape index (κ3) is 2.74. The third-order valence-electron chi connectivity index (χ3n) is 2.87. The zero-order valence-electron chi connectivity index (χ0n) is 10.0. The first kappa shape index (κ1) is 11.9. The molecule has 1 aliphatic carbocycles. The molecular formula is C12H18N4O. The van der Waals surface area contributed by atoms with E-state index in [1.807, 2.05) is 12.1 Å². The zero-order valence-corrected chi connectivity index (χ0v) is 10.0. The van der Waals surface area contributed by atoms with Crippen LogP contribution in [0.5, 0.6) is 0 Å². The molecule has 3 N–H and O–H groups in total. The predicted molar refractivity (Wildman–Crippen MR) is 67.5 cm³/mol. The van der Waals surface area contributed by atoms with Gasteiger partial charge in [-0.2, -0.15) is 0 Å². The van der Waals surface area contributed by atoms with E-state index in [9.17, 15) is 0 Å². The van der Waals surface area contributed by atoms with Crippen LogP contribution in [0.1, 0.15) is 18.4 Å². The van der Waals surface area contributed by atoms with E-state index in [-0.39, 0.29) is 5.84 Å². The fraction of sp³-hybridized carbons (Fsp3) is 0.500. The molecule has 5 heteroatoms. The number of nitrogens with two attached hydrogens (primary N) is 1. The van der Waals surface area contributed by atoms with Crippen molar-refractivity contribution >= 4 is 11.7 Å². The molecular weight excluding hydrogens is 216 g/mol. The largest absolute Gasteiger partial charge is 0.384 e. The first-order valence-electron chi connectivity index (χ1n) is 5.79. The van der Waals surface area contributed by atoms with Crippen LogP contribution in [0.4, 0.5) is 5.82 Å². The summed E-state index contributed by atoms with van der Waals surface area (Å²) in [6.45, 7) is 1.45. The summed E-state index contributed by atoms with van der Waals surface area (Å²) in [7, 11) is 1.69. The molecule has 0 bridgehead atoms. The summed E-state index contributed by atoms with van der Waals surface area (Å²) >= 11 is 0. The molecule has 0 aromatic carbocycles. The average Bonchev–Trinajstić information content (AvgIpc) is 3.14. The molecule has 0 aliphatic heterocycles. The summed E-state index contributed by atoms with van der Waals surface area (Å²) in [5.74, 6) is 0.871. The van der Waals surface area contributed by atoms with E-state index in [2.05, 4.69) is 9.88 Å². The van der Waals surface area contributed by atoms with Crippen LogP contribution < -0.4 is 10.6 Å². The number of methoxy groups -OCH3 is 1. The molecule has 0 spiro atoms. The van der Waals surface area contributed by atoms with Crippen molar-refractivity contribution in [1.29, 1.82) is 5.41 Å². The molecule has 2 rings (SSSR count). The number of nitrogens with zero attached hydrogens (tertiary/aromatic N) is 2. The highest BCUT2D eigenvalue weighted by atomic mass is 16.5. The SMILES string of the molecule is COCCN(c1ncccc1C(=N)N)C1CC1. The second kappa shape index (κ2) is 5.14. The van der Waals surface area contributed by atoms with E-state index < -0.39 is 0 Å². The average molecular weight is 234 g/mol. The maximum Gasteiger partial charge on any atom is 0.139 e. The Balaban J connectivity index is 2.25. The number of pyridine rings is 1. The summed E-state index contributed by atoms with van der Waals surface area (Å²) in [6.07, 6.45) is 4.10. The second-order valence-corrected chi connectivity index (χ2v) is 4.21. The number of hydrogen-bond acceptors (Lipinski definition) is 4. The minimum Gasteiger partial charge on any atom is -0.384 e. The van der Waals surface area contributed by atoms with E-state index in [0.717, 1.165) is 12.4 Å². The Morgan fingerprint density at radius 1 is 1.65 bits per heavy atom. The standard InChI is InChI=1S/C12H18N4O/c1-17-8-7-16(9-4-5-9)12-10(11(13)14)3-2-6-15-12/h2-3,6,9H,4-5,7-8H2,1H3,(H3,13,14). The van der Waals surface area contributed by atoms with Gasteiger partial charge in [-0.25, -0.2) is 4.98 Å². The first-order valence-corrected chi connectivity index (χ1v) is 5.79. The van der Waals surface area contributed by atoms with E-state index in [1.54, 1.807) is 13.3 Å². The molecule has 5 nitrogen and oxygen atoms in total. The van der Waals surface area contributed by atoms with Gasteiger partial charge in [-0.1, -0.05) is 0 Å². The predicted octanol–water partition coefficient (Wildman–Crippen LogP) is 0.981. The molecule has 92 valence electrons. The summed E-state index contributed by atoms with van der Waals surface area (Å²) in [5.41, 5.74) is 6.29. The van der Waals surface area contributed by atoms with Crippen molar-refractivity contribution in [3.63, 3.8) is 0 Å². The monoisotopic (exact) mass is 234 g/mol. The van der Waals surface area contributed by atoms with Crippen LogP contribution in [0, 0.1) is 5.41 Å². The third-order valence-corrected chi connectivity index (χ3v) is 2.87. The Morgan fingerprint density at radius 3 is 3.00 bits per heavy atom. The fourth-order valence-corrected chi connectivity index (χ4v) is 1.87. The van der Waals surface area contributed by atoms with Crippen LogP contribution in [0.15, 0.2) is 18.3 Å². The molecule has 0 amide bonds. The lowest BCUT2D eigenvalue weighted by Gasteiger charge is -2.25. The minimum atomic E-state index is 0.0659. The van der Waals surface area contributed by atoms with E-state index >= 15 is 0 Å². The minimum absolute atomic E-state index is 0.0659. The maximum absolute atomic E-state index is 7.59. The Bertz CT molecular complexity index is 403. The van der Waals surface area contributed by atoms with Gasteiger partial charge in [0.25, 0.3) is 0 Å². The van der Waals surface area contributed by atoms with Crippen molar-refractivity contribution in [3.05, 3.63) is 23.9 Å². The number of amidine groups is 1. The highest BCUT2D eigenvalue weighted by molar-refractivity contribution is 5.99. The van der Waals surface area contributed by atoms with Gasteiger partial charge in [0.1, 0.15) is 11.7 Å². The smallest absolute Gasteiger partial charge is 0.139 e. The van der Waals surface area contributed by atoms with E-state index in [0.29, 0.717) is 18.2 Å². The number of anilines is 1. The van der Waals surface area contributed by atoms with Gasteiger partial charge in [-0.05, 0) is 25.0 Å². The topological polar surface area (TPSA) is 75.2 Å². The van der Waals surface area contributed by atoms with Crippen molar-refractivity contribution in [2.45, 2.75) is 18.9 Å². The second-order valence-electron chi connectivity index (χ2n) is 4.21. The lowest BCUT2D eigenvalue weighted by atomic mass is 10.2. The van der Waals surface area contributed by atoms with Crippen molar-refractivity contribution in [3.8, 4) is 0 Å². The summed E-state index contributed by atoms with van der Waals surface area (Å²) < 4.78 is 5.12. The van der Waals surface area contributed by atoms with E-state index in [4.69, 9.17) is 15.9 Å². The Labute approximate surface area is 101 Å². The van der Waals surface area contributed by atoms with Crippen LogP contribution >= 0.6 is 0 Å². The maximum atomic E-state index is 7.59. The lowest BCUT2D eigenvalue weighted by molar-refractivity contribution is 0.204. The number of nitrogens with one attached hydrogen (secondary N) is 1. The zero-order chi connectivity index (χ0) is 12.3. The summed E-state index contributed by atoms with van der Waals surface area (Å²) in [5, 5.41) is 7.59. The van der Waals surface area contributed by atoms with Crippen molar-refractivity contribution in [1.82, 2.24) is 4.98 Å². The van der Waals surface area contributed by atoms with Gasteiger partial charge in [0, 0.05) is 25.9 Å². The molecule has 1 saturated carbocycles. The summed E-state index contributed by atoms with van der Waals surface area (Å²) in [4.78, 5) is 6.56. The molecule has 1 heterocycles. The van der Waals surface area contributed by atoms with Crippen LogP contribution in [0.25, 0.3) is 0 Å². The van der Waals surface area contributed by atoms with E-state index in [1.165, 1.54) is 12.8 Å². The van der Waals surface area contributed by atoms with Gasteiger partial charge in [-0.15, -0.1) is 0 Å². The van der Waals surface area contributed by atoms with Crippen LogP contribution in [0.2, 0.25) is 0 Å². The van der Waals surface area contributed by atoms with Gasteiger partial charge in [-0.3, -0.25) is 5.41 Å². The van der Waals surface area contributed by atoms with Crippen LogP contribution in [-0.2, 0) is 4.74 Å². The molecule has 0 atom stereocenters.